The van der Waals surface area contributed by atoms with E-state index >= 15 is 0 Å². The lowest BCUT2D eigenvalue weighted by molar-refractivity contribution is 0.00578. The number of halogens is 1. The van der Waals surface area contributed by atoms with E-state index in [0.717, 1.165) is 63.3 Å². The normalized spacial score (nSPS) is 12.9. The summed E-state index contributed by atoms with van der Waals surface area (Å²) < 4.78 is 43.1. The second-order valence-electron chi connectivity index (χ2n) is 20.5. The van der Waals surface area contributed by atoms with E-state index in [1.807, 2.05) is 84.9 Å². The molecule has 18 nitrogen and oxygen atoms in total. The number of nitrogens with one attached hydrogen (secondary N) is 2. The SMILES string of the molecule is COC(=O)c1ccc(CCc2cccc(-c3nc(Nc4ccc(OC)c(OC)c4)c4ncsc4n3)c2)cc1.COC(=O)c1ccc(CCc2cccc(B3OC(C)(C)C(C)(C)O3)c2)cc1.COc1ccc(Nc2nc(Cl)nc3scnc23)cc1OC. The summed E-state index contributed by atoms with van der Waals surface area (Å²) in [5.41, 5.74) is 13.6. The molecule has 10 aromatic rings. The largest absolute Gasteiger partial charge is 0.494 e. The van der Waals surface area contributed by atoms with Crippen LogP contribution in [0.1, 0.15) is 70.7 Å². The molecule has 86 heavy (non-hydrogen) atoms. The van der Waals surface area contributed by atoms with Crippen molar-refractivity contribution in [2.75, 3.05) is 53.3 Å². The molecule has 0 bridgehead atoms. The number of thiazole rings is 2. The van der Waals surface area contributed by atoms with Gasteiger partial charge in [-0.3, -0.25) is 0 Å². The molecular formula is C64H64BClN8O10S2. The smallest absolute Gasteiger partial charge is 0.493 e. The summed E-state index contributed by atoms with van der Waals surface area (Å²) in [6.45, 7) is 8.26. The zero-order valence-corrected chi connectivity index (χ0v) is 51.6. The van der Waals surface area contributed by atoms with Crippen LogP contribution in [-0.4, -0.2) is 103 Å². The number of ether oxygens (including phenoxy) is 6. The van der Waals surface area contributed by atoms with Crippen molar-refractivity contribution in [1.82, 2.24) is 29.9 Å². The van der Waals surface area contributed by atoms with Crippen LogP contribution < -0.4 is 35.0 Å². The fraction of sp³-hybridized carbons (Fsp3) is 0.250. The molecule has 442 valence electrons. The van der Waals surface area contributed by atoms with E-state index in [2.05, 4.69) is 94.7 Å². The van der Waals surface area contributed by atoms with E-state index in [4.69, 9.17) is 59.3 Å². The van der Waals surface area contributed by atoms with Gasteiger partial charge in [-0.25, -0.2) is 34.5 Å². The van der Waals surface area contributed by atoms with Gasteiger partial charge in [-0.15, -0.1) is 22.7 Å². The molecule has 4 aromatic heterocycles. The molecule has 22 heteroatoms. The van der Waals surface area contributed by atoms with Crippen LogP contribution in [0.25, 0.3) is 32.1 Å². The number of aromatic nitrogens is 6. The fourth-order valence-corrected chi connectivity index (χ4v) is 10.6. The summed E-state index contributed by atoms with van der Waals surface area (Å²) in [4.78, 5) is 51.4. The van der Waals surface area contributed by atoms with Crippen molar-refractivity contribution in [3.05, 3.63) is 183 Å². The second-order valence-corrected chi connectivity index (χ2v) is 22.6. The lowest BCUT2D eigenvalue weighted by atomic mass is 9.78. The van der Waals surface area contributed by atoms with Gasteiger partial charge in [0.15, 0.2) is 45.3 Å². The number of carbonyl (C=O) groups excluding carboxylic acids is 2. The molecule has 0 radical (unpaired) electrons. The summed E-state index contributed by atoms with van der Waals surface area (Å²) in [5.74, 6) is 3.70. The maximum absolute atomic E-state index is 11.7. The van der Waals surface area contributed by atoms with E-state index in [1.54, 1.807) is 51.6 Å². The van der Waals surface area contributed by atoms with E-state index in [0.29, 0.717) is 62.6 Å². The Hall–Kier alpha value is -8.73. The Labute approximate surface area is 512 Å². The number of methoxy groups -OCH3 is 6. The first-order valence-electron chi connectivity index (χ1n) is 27.2. The van der Waals surface area contributed by atoms with E-state index in [9.17, 15) is 9.59 Å². The number of aryl methyl sites for hydroxylation is 4. The maximum Gasteiger partial charge on any atom is 0.494 e. The summed E-state index contributed by atoms with van der Waals surface area (Å²) in [6.07, 6.45) is 3.48. The number of hydrogen-bond donors (Lipinski definition) is 2. The lowest BCUT2D eigenvalue weighted by Gasteiger charge is -2.32. The predicted molar refractivity (Wildman–Crippen MR) is 339 cm³/mol. The maximum atomic E-state index is 11.7. The predicted octanol–water partition coefficient (Wildman–Crippen LogP) is 13.1. The molecule has 0 spiro atoms. The average molecular weight is 1220 g/mol. The quantitative estimate of drug-likeness (QED) is 0.0465. The number of hydrogen-bond acceptors (Lipinski definition) is 20. The summed E-state index contributed by atoms with van der Waals surface area (Å²) in [6, 6.07) is 42.8. The first-order chi connectivity index (χ1) is 41.5. The van der Waals surface area contributed by atoms with Gasteiger partial charge in [0.2, 0.25) is 5.28 Å². The van der Waals surface area contributed by atoms with E-state index in [-0.39, 0.29) is 35.5 Å². The number of carbonyl (C=O) groups is 2. The highest BCUT2D eigenvalue weighted by molar-refractivity contribution is 7.16. The number of rotatable bonds is 18. The van der Waals surface area contributed by atoms with E-state index < -0.39 is 0 Å². The van der Waals surface area contributed by atoms with Crippen molar-refractivity contribution in [1.29, 1.82) is 0 Å². The van der Waals surface area contributed by atoms with Gasteiger partial charge in [0, 0.05) is 29.1 Å². The third-order valence-corrected chi connectivity index (χ3v) is 16.1. The molecule has 5 heterocycles. The van der Waals surface area contributed by atoms with Crippen LogP contribution in [0.5, 0.6) is 23.0 Å². The van der Waals surface area contributed by atoms with Crippen molar-refractivity contribution in [2.45, 2.75) is 64.6 Å². The van der Waals surface area contributed by atoms with Crippen LogP contribution in [0, 0.1) is 0 Å². The Kier molecular flexibility index (Phi) is 20.1. The molecule has 1 saturated heterocycles. The molecule has 11 rings (SSSR count). The fourth-order valence-electron chi connectivity index (χ4n) is 9.07. The highest BCUT2D eigenvalue weighted by atomic mass is 35.5. The van der Waals surface area contributed by atoms with Crippen molar-refractivity contribution in [3.63, 3.8) is 0 Å². The molecular weight excluding hydrogens is 1150 g/mol. The Morgan fingerprint density at radius 1 is 0.512 bits per heavy atom. The van der Waals surface area contributed by atoms with Crippen molar-refractivity contribution in [3.8, 4) is 34.4 Å². The first kappa shape index (κ1) is 61.8. The Morgan fingerprint density at radius 2 is 0.965 bits per heavy atom. The van der Waals surface area contributed by atoms with Gasteiger partial charge >= 0.3 is 19.1 Å². The summed E-state index contributed by atoms with van der Waals surface area (Å²) in [7, 11) is 8.82. The van der Waals surface area contributed by atoms with Gasteiger partial charge in [0.25, 0.3) is 0 Å². The molecule has 1 aliphatic rings. The Morgan fingerprint density at radius 3 is 1.45 bits per heavy atom. The molecule has 2 N–H and O–H groups in total. The third-order valence-electron chi connectivity index (χ3n) is 14.5. The molecule has 0 amide bonds. The van der Waals surface area contributed by atoms with Crippen molar-refractivity contribution >= 4 is 102 Å². The van der Waals surface area contributed by atoms with E-state index in [1.165, 1.54) is 53.6 Å². The van der Waals surface area contributed by atoms with Crippen molar-refractivity contribution in [2.24, 2.45) is 0 Å². The summed E-state index contributed by atoms with van der Waals surface area (Å²) in [5, 5.41) is 6.72. The van der Waals surface area contributed by atoms with Gasteiger partial charge in [-0.05, 0) is 147 Å². The topological polar surface area (TPSA) is 209 Å². The summed E-state index contributed by atoms with van der Waals surface area (Å²) >= 11 is 8.80. The van der Waals surface area contributed by atoms with Gasteiger partial charge in [0.05, 0.1) is 76.0 Å². The number of fused-ring (bicyclic) bond motifs is 2. The lowest BCUT2D eigenvalue weighted by Crippen LogP contribution is -2.41. The molecule has 0 aliphatic carbocycles. The molecule has 1 fully saturated rings. The minimum absolute atomic E-state index is 0.176. The molecule has 6 aromatic carbocycles. The van der Waals surface area contributed by atoms with Gasteiger partial charge in [-0.1, -0.05) is 66.7 Å². The van der Waals surface area contributed by atoms with Gasteiger partial charge in [0.1, 0.15) is 15.9 Å². The second kappa shape index (κ2) is 28.0. The minimum atomic E-state index is -0.339. The number of esters is 2. The van der Waals surface area contributed by atoms with Crippen LogP contribution in [0.3, 0.4) is 0 Å². The van der Waals surface area contributed by atoms with Gasteiger partial charge < -0.3 is 48.4 Å². The Balaban J connectivity index is 0.000000162. The average Bonchev–Trinajstić information content (AvgIpc) is 1.99. The highest BCUT2D eigenvalue weighted by Gasteiger charge is 2.51. The Bertz CT molecular complexity index is 3960. The third kappa shape index (κ3) is 15.0. The van der Waals surface area contributed by atoms with Crippen LogP contribution in [0.2, 0.25) is 5.28 Å². The van der Waals surface area contributed by atoms with Crippen LogP contribution in [0.4, 0.5) is 23.0 Å². The number of benzene rings is 6. The van der Waals surface area contributed by atoms with Crippen molar-refractivity contribution < 1.29 is 47.3 Å². The molecule has 1 aliphatic heterocycles. The van der Waals surface area contributed by atoms with Crippen LogP contribution >= 0.6 is 34.3 Å². The van der Waals surface area contributed by atoms with Crippen LogP contribution in [0.15, 0.2) is 144 Å². The molecule has 0 atom stereocenters. The minimum Gasteiger partial charge on any atom is -0.493 e. The first-order valence-corrected chi connectivity index (χ1v) is 29.4. The zero-order chi connectivity index (χ0) is 61.0. The monoisotopic (exact) mass is 1210 g/mol. The molecule has 0 unspecified atom stereocenters. The number of anilines is 4. The van der Waals surface area contributed by atoms with Crippen LogP contribution in [-0.2, 0) is 44.5 Å². The standard InChI is InChI=1S/C29H26N4O4S.C22H27BO4.C13H11ClN4O2S/c1-35-23-14-13-22(16-24(23)36-2)31-27-25-28(38-17-30-25)33-26(32-27)21-6-4-5-19(15-21)8-7-18-9-11-20(12-10-18)29(34)37-3;1-21(2)22(3,4)27-23(26-21)19-8-6-7-17(15-19)10-9-16-11-13-18(14-12-16)20(24)25-5;1-19-8-4-3-7(5-9(8)20-2)16-11-10-12(21-6-15-10)18-13(14)17-11/h4-6,9-17H,7-8H2,1-3H3,(H,31,32,33);6-8,11-15H,9-10H2,1-5H3;3-6H,1-2H3,(H,16,17,18). The number of nitrogens with zero attached hydrogens (tertiary/aromatic N) is 6. The highest BCUT2D eigenvalue weighted by Crippen LogP contribution is 2.38. The molecule has 0 saturated carbocycles. The van der Waals surface area contributed by atoms with Gasteiger partial charge in [-0.2, -0.15) is 4.98 Å². The zero-order valence-electron chi connectivity index (χ0n) is 49.2.